The zero-order valence-corrected chi connectivity index (χ0v) is 11.9. The number of halogens is 4. The number of aliphatic hydroxyl groups excluding tert-OH is 1. The topological polar surface area (TPSA) is 33.1 Å². The van der Waals surface area contributed by atoms with E-state index in [0.29, 0.717) is 36.9 Å². The van der Waals surface area contributed by atoms with Crippen molar-refractivity contribution >= 4 is 46.4 Å². The van der Waals surface area contributed by atoms with Gasteiger partial charge in [-0.15, -0.1) is 0 Å². The van der Waals surface area contributed by atoms with E-state index in [1.165, 1.54) is 0 Å². The lowest BCUT2D eigenvalue weighted by atomic mass is 10.1. The monoisotopic (exact) mass is 321 g/mol. The minimum absolute atomic E-state index is 0.226. The fourth-order valence-electron chi connectivity index (χ4n) is 1.51. The van der Waals surface area contributed by atoms with E-state index in [9.17, 15) is 0 Å². The molecule has 94 valence electrons. The predicted molar refractivity (Wildman–Crippen MR) is 75.6 cm³/mol. The molecule has 1 aromatic heterocycles. The van der Waals surface area contributed by atoms with Crippen LogP contribution in [-0.4, -0.2) is 10.1 Å². The lowest BCUT2D eigenvalue weighted by Gasteiger charge is -2.09. The SMILES string of the molecule is OCc1ncc(-c2c(Cl)ccc(Cl)c2Cl)cc1Cl. The Hall–Kier alpha value is -0.510. The summed E-state index contributed by atoms with van der Waals surface area (Å²) in [6.45, 7) is -0.226. The molecule has 1 N–H and O–H groups in total. The van der Waals surface area contributed by atoms with E-state index in [1.807, 2.05) is 0 Å². The fraction of sp³-hybridized carbons (Fsp3) is 0.0833. The maximum Gasteiger partial charge on any atom is 0.0868 e. The Morgan fingerprint density at radius 1 is 1.00 bits per heavy atom. The van der Waals surface area contributed by atoms with Gasteiger partial charge in [0.25, 0.3) is 0 Å². The molecular weight excluding hydrogens is 316 g/mol. The van der Waals surface area contributed by atoms with E-state index < -0.39 is 0 Å². The van der Waals surface area contributed by atoms with Crippen LogP contribution < -0.4 is 0 Å². The summed E-state index contributed by atoms with van der Waals surface area (Å²) < 4.78 is 0. The van der Waals surface area contributed by atoms with Crippen LogP contribution >= 0.6 is 46.4 Å². The summed E-state index contributed by atoms with van der Waals surface area (Å²) in [7, 11) is 0. The van der Waals surface area contributed by atoms with Crippen LogP contribution in [-0.2, 0) is 6.61 Å². The van der Waals surface area contributed by atoms with Crippen LogP contribution in [0.4, 0.5) is 0 Å². The van der Waals surface area contributed by atoms with Gasteiger partial charge in [0.15, 0.2) is 0 Å². The summed E-state index contributed by atoms with van der Waals surface area (Å²) in [6.07, 6.45) is 1.54. The standard InChI is InChI=1S/C12H7Cl4NO/c13-7-1-2-8(14)12(16)11(7)6-3-9(15)10(5-18)17-4-6/h1-4,18H,5H2. The molecule has 0 aliphatic heterocycles. The van der Waals surface area contributed by atoms with Gasteiger partial charge in [0.2, 0.25) is 0 Å². The van der Waals surface area contributed by atoms with Crippen molar-refractivity contribution in [2.45, 2.75) is 6.61 Å². The van der Waals surface area contributed by atoms with Crippen LogP contribution in [0.5, 0.6) is 0 Å². The van der Waals surface area contributed by atoms with Crippen molar-refractivity contribution in [1.82, 2.24) is 4.98 Å². The number of aliphatic hydroxyl groups is 1. The average Bonchev–Trinajstić information content (AvgIpc) is 2.35. The molecule has 0 fully saturated rings. The Morgan fingerprint density at radius 2 is 1.67 bits per heavy atom. The Morgan fingerprint density at radius 3 is 2.28 bits per heavy atom. The molecule has 0 radical (unpaired) electrons. The number of benzene rings is 1. The molecule has 2 aromatic rings. The number of aromatic nitrogens is 1. The summed E-state index contributed by atoms with van der Waals surface area (Å²) in [5, 5.41) is 10.6. The van der Waals surface area contributed by atoms with Crippen LogP contribution in [0.25, 0.3) is 11.1 Å². The van der Waals surface area contributed by atoms with E-state index in [1.54, 1.807) is 24.4 Å². The van der Waals surface area contributed by atoms with Crippen LogP contribution in [0.2, 0.25) is 20.1 Å². The first-order chi connectivity index (χ1) is 8.54. The van der Waals surface area contributed by atoms with Gasteiger partial charge in [0.05, 0.1) is 32.4 Å². The highest BCUT2D eigenvalue weighted by atomic mass is 35.5. The highest BCUT2D eigenvalue weighted by Crippen LogP contribution is 2.39. The van der Waals surface area contributed by atoms with Gasteiger partial charge in [-0.3, -0.25) is 4.98 Å². The van der Waals surface area contributed by atoms with Gasteiger partial charge in [0, 0.05) is 17.3 Å². The first-order valence-corrected chi connectivity index (χ1v) is 6.45. The van der Waals surface area contributed by atoms with Gasteiger partial charge >= 0.3 is 0 Å². The third kappa shape index (κ3) is 2.58. The van der Waals surface area contributed by atoms with E-state index in [2.05, 4.69) is 4.98 Å². The largest absolute Gasteiger partial charge is 0.390 e. The fourth-order valence-corrected chi connectivity index (χ4v) is 2.48. The minimum Gasteiger partial charge on any atom is -0.390 e. The van der Waals surface area contributed by atoms with E-state index in [0.717, 1.165) is 0 Å². The number of hydrogen-bond acceptors (Lipinski definition) is 2. The highest BCUT2D eigenvalue weighted by Gasteiger charge is 2.13. The lowest BCUT2D eigenvalue weighted by Crippen LogP contribution is -1.92. The summed E-state index contributed by atoms with van der Waals surface area (Å²) in [6, 6.07) is 4.91. The highest BCUT2D eigenvalue weighted by molar-refractivity contribution is 6.46. The molecule has 18 heavy (non-hydrogen) atoms. The first-order valence-electron chi connectivity index (χ1n) is 4.93. The van der Waals surface area contributed by atoms with E-state index in [-0.39, 0.29) is 6.61 Å². The Balaban J connectivity index is 2.62. The zero-order chi connectivity index (χ0) is 13.3. The number of rotatable bonds is 2. The molecule has 2 rings (SSSR count). The van der Waals surface area contributed by atoms with Crippen molar-refractivity contribution in [2.75, 3.05) is 0 Å². The molecule has 0 amide bonds. The third-order valence-corrected chi connectivity index (χ3v) is 3.85. The van der Waals surface area contributed by atoms with Crippen molar-refractivity contribution in [3.8, 4) is 11.1 Å². The van der Waals surface area contributed by atoms with E-state index >= 15 is 0 Å². The Labute approximate surface area is 124 Å². The number of nitrogens with zero attached hydrogens (tertiary/aromatic N) is 1. The van der Waals surface area contributed by atoms with Gasteiger partial charge in [-0.2, -0.15) is 0 Å². The number of hydrogen-bond donors (Lipinski definition) is 1. The van der Waals surface area contributed by atoms with Crippen molar-refractivity contribution in [2.24, 2.45) is 0 Å². The molecule has 0 saturated carbocycles. The molecule has 0 aliphatic carbocycles. The molecule has 0 bridgehead atoms. The van der Waals surface area contributed by atoms with Crippen LogP contribution in [0.15, 0.2) is 24.4 Å². The predicted octanol–water partition coefficient (Wildman–Crippen LogP) is 4.85. The van der Waals surface area contributed by atoms with Gasteiger partial charge < -0.3 is 5.11 Å². The minimum atomic E-state index is -0.226. The zero-order valence-electron chi connectivity index (χ0n) is 8.92. The summed E-state index contributed by atoms with van der Waals surface area (Å²) in [5.74, 6) is 0. The van der Waals surface area contributed by atoms with Crippen molar-refractivity contribution in [3.63, 3.8) is 0 Å². The molecule has 1 aromatic carbocycles. The molecular formula is C12H7Cl4NO. The third-order valence-electron chi connectivity index (χ3n) is 2.40. The normalized spacial score (nSPS) is 10.7. The summed E-state index contributed by atoms with van der Waals surface area (Å²) in [4.78, 5) is 4.04. The molecule has 1 heterocycles. The van der Waals surface area contributed by atoms with Gasteiger partial charge in [0.1, 0.15) is 0 Å². The second-order valence-electron chi connectivity index (χ2n) is 3.53. The van der Waals surface area contributed by atoms with Crippen molar-refractivity contribution < 1.29 is 5.11 Å². The van der Waals surface area contributed by atoms with Gasteiger partial charge in [-0.25, -0.2) is 0 Å². The Kier molecular flexibility index (Phi) is 4.36. The molecule has 0 atom stereocenters. The maximum atomic E-state index is 9.01. The summed E-state index contributed by atoms with van der Waals surface area (Å²) in [5.41, 5.74) is 1.62. The first kappa shape index (κ1) is 13.9. The van der Waals surface area contributed by atoms with Crippen LogP contribution in [0.3, 0.4) is 0 Å². The maximum absolute atomic E-state index is 9.01. The Bertz CT molecular complexity index is 601. The van der Waals surface area contributed by atoms with Crippen molar-refractivity contribution in [3.05, 3.63) is 50.2 Å². The molecule has 6 heteroatoms. The lowest BCUT2D eigenvalue weighted by molar-refractivity contribution is 0.277. The number of pyridine rings is 1. The van der Waals surface area contributed by atoms with Crippen LogP contribution in [0, 0.1) is 0 Å². The van der Waals surface area contributed by atoms with Crippen molar-refractivity contribution in [1.29, 1.82) is 0 Å². The smallest absolute Gasteiger partial charge is 0.0868 e. The quantitative estimate of drug-likeness (QED) is 0.801. The molecule has 2 nitrogen and oxygen atoms in total. The summed E-state index contributed by atoms with van der Waals surface area (Å²) >= 11 is 24.2. The molecule has 0 aliphatic rings. The molecule has 0 unspecified atom stereocenters. The molecule has 0 saturated heterocycles. The van der Waals surface area contributed by atoms with E-state index in [4.69, 9.17) is 51.5 Å². The van der Waals surface area contributed by atoms with Gasteiger partial charge in [-0.1, -0.05) is 46.4 Å². The molecule has 0 spiro atoms. The average molecular weight is 323 g/mol. The van der Waals surface area contributed by atoms with Crippen LogP contribution in [0.1, 0.15) is 5.69 Å². The second-order valence-corrected chi connectivity index (χ2v) is 5.13. The van der Waals surface area contributed by atoms with Gasteiger partial charge in [-0.05, 0) is 18.2 Å². The second kappa shape index (κ2) is 5.64.